The largest absolute Gasteiger partial charge is 0.310 e. The normalized spacial score (nSPS) is 16.6. The van der Waals surface area contributed by atoms with E-state index in [2.05, 4.69) is 71.1 Å². The van der Waals surface area contributed by atoms with Crippen LogP contribution >= 0.6 is 11.8 Å². The van der Waals surface area contributed by atoms with Gasteiger partial charge in [0.1, 0.15) is 0 Å². The molecule has 1 aliphatic rings. The predicted molar refractivity (Wildman–Crippen MR) is 99.8 cm³/mol. The van der Waals surface area contributed by atoms with Crippen LogP contribution in [0.15, 0.2) is 59.5 Å². The summed E-state index contributed by atoms with van der Waals surface area (Å²) in [5.41, 5.74) is 2.81. The lowest BCUT2D eigenvalue weighted by Gasteiger charge is -2.32. The van der Waals surface area contributed by atoms with Gasteiger partial charge in [-0.15, -0.1) is 11.8 Å². The summed E-state index contributed by atoms with van der Waals surface area (Å²) in [5.74, 6) is 0. The van der Waals surface area contributed by atoms with Crippen molar-refractivity contribution in [1.82, 2.24) is 10.2 Å². The smallest absolute Gasteiger partial charge is 0.0233 e. The lowest BCUT2D eigenvalue weighted by atomic mass is 10.0. The Kier molecular flexibility index (Phi) is 6.14. The molecule has 23 heavy (non-hydrogen) atoms. The van der Waals surface area contributed by atoms with Crippen LogP contribution in [0.5, 0.6) is 0 Å². The van der Waals surface area contributed by atoms with Crippen molar-refractivity contribution in [3.63, 3.8) is 0 Å². The summed E-state index contributed by atoms with van der Waals surface area (Å²) in [5, 5.41) is 3.73. The van der Waals surface area contributed by atoms with Crippen LogP contribution in [0.3, 0.4) is 0 Å². The summed E-state index contributed by atoms with van der Waals surface area (Å²) in [6.07, 6.45) is 4.61. The molecule has 3 heteroatoms. The highest BCUT2D eigenvalue weighted by Crippen LogP contribution is 2.16. The van der Waals surface area contributed by atoms with Crippen LogP contribution in [0.2, 0.25) is 0 Å². The molecule has 0 aromatic heterocycles. The molecule has 0 aliphatic carbocycles. The molecule has 122 valence electrons. The summed E-state index contributed by atoms with van der Waals surface area (Å²) in [4.78, 5) is 3.91. The van der Waals surface area contributed by atoms with Crippen LogP contribution in [0.25, 0.3) is 0 Å². The van der Waals surface area contributed by atoms with E-state index in [1.165, 1.54) is 42.0 Å². The average molecular weight is 327 g/mol. The van der Waals surface area contributed by atoms with Gasteiger partial charge in [0, 0.05) is 24.0 Å². The van der Waals surface area contributed by atoms with Gasteiger partial charge in [-0.1, -0.05) is 42.5 Å². The molecule has 0 bridgehead atoms. The molecule has 3 rings (SSSR count). The summed E-state index contributed by atoms with van der Waals surface area (Å²) < 4.78 is 0. The van der Waals surface area contributed by atoms with E-state index in [0.29, 0.717) is 6.04 Å². The van der Waals surface area contributed by atoms with Gasteiger partial charge in [0.05, 0.1) is 0 Å². The molecular weight excluding hydrogens is 300 g/mol. The molecule has 1 heterocycles. The van der Waals surface area contributed by atoms with E-state index in [1.807, 2.05) is 0 Å². The quantitative estimate of drug-likeness (QED) is 0.802. The zero-order chi connectivity index (χ0) is 15.9. The molecule has 0 saturated carbocycles. The van der Waals surface area contributed by atoms with E-state index in [9.17, 15) is 0 Å². The Labute approximate surface area is 144 Å². The summed E-state index contributed by atoms with van der Waals surface area (Å²) in [6, 6.07) is 20.4. The number of nitrogens with zero attached hydrogens (tertiary/aromatic N) is 1. The van der Waals surface area contributed by atoms with Crippen LogP contribution in [-0.4, -0.2) is 30.3 Å². The van der Waals surface area contributed by atoms with Crippen molar-refractivity contribution in [3.8, 4) is 0 Å². The van der Waals surface area contributed by atoms with Gasteiger partial charge in [-0.2, -0.15) is 0 Å². The Morgan fingerprint density at radius 1 is 0.957 bits per heavy atom. The lowest BCUT2D eigenvalue weighted by Crippen LogP contribution is -2.41. The van der Waals surface area contributed by atoms with Crippen molar-refractivity contribution in [2.24, 2.45) is 0 Å². The number of likely N-dealkylation sites (tertiary alicyclic amines) is 1. The molecule has 0 unspecified atom stereocenters. The van der Waals surface area contributed by atoms with Gasteiger partial charge in [-0.25, -0.2) is 0 Å². The molecule has 1 saturated heterocycles. The minimum absolute atomic E-state index is 0.655. The van der Waals surface area contributed by atoms with E-state index in [4.69, 9.17) is 0 Å². The zero-order valence-electron chi connectivity index (χ0n) is 13.9. The summed E-state index contributed by atoms with van der Waals surface area (Å²) in [7, 11) is 0. The Morgan fingerprint density at radius 2 is 1.65 bits per heavy atom. The zero-order valence-corrected chi connectivity index (χ0v) is 14.7. The second-order valence-electron chi connectivity index (χ2n) is 6.26. The maximum Gasteiger partial charge on any atom is 0.0233 e. The van der Waals surface area contributed by atoms with Gasteiger partial charge < -0.3 is 5.32 Å². The predicted octanol–water partition coefficient (Wildman–Crippen LogP) is 4.16. The molecule has 0 spiro atoms. The van der Waals surface area contributed by atoms with Crippen LogP contribution in [0, 0.1) is 0 Å². The molecule has 1 aliphatic heterocycles. The standard InChI is InChI=1S/C20H26N2S/c1-23-20-9-7-17(8-10-20)15-21-19-11-13-22(14-12-19)16-18-5-3-2-4-6-18/h2-10,19,21H,11-16H2,1H3. The lowest BCUT2D eigenvalue weighted by molar-refractivity contribution is 0.190. The summed E-state index contributed by atoms with van der Waals surface area (Å²) >= 11 is 1.80. The third-order valence-corrected chi connectivity index (χ3v) is 5.33. The minimum atomic E-state index is 0.655. The van der Waals surface area contributed by atoms with E-state index >= 15 is 0 Å². The van der Waals surface area contributed by atoms with Gasteiger partial charge >= 0.3 is 0 Å². The van der Waals surface area contributed by atoms with Crippen LogP contribution in [0.4, 0.5) is 0 Å². The first-order valence-electron chi connectivity index (χ1n) is 8.46. The van der Waals surface area contributed by atoms with Crippen LogP contribution in [-0.2, 0) is 13.1 Å². The molecule has 0 atom stereocenters. The number of hydrogen-bond acceptors (Lipinski definition) is 3. The van der Waals surface area contributed by atoms with Crippen molar-refractivity contribution >= 4 is 11.8 Å². The van der Waals surface area contributed by atoms with Gasteiger partial charge in [0.25, 0.3) is 0 Å². The molecule has 0 radical (unpaired) electrons. The average Bonchev–Trinajstić information content (AvgIpc) is 2.62. The second-order valence-corrected chi connectivity index (χ2v) is 7.14. The summed E-state index contributed by atoms with van der Waals surface area (Å²) in [6.45, 7) is 4.46. The van der Waals surface area contributed by atoms with E-state index in [0.717, 1.165) is 13.1 Å². The van der Waals surface area contributed by atoms with Crippen molar-refractivity contribution in [1.29, 1.82) is 0 Å². The third kappa shape index (κ3) is 5.10. The van der Waals surface area contributed by atoms with Crippen LogP contribution in [0.1, 0.15) is 24.0 Å². The van der Waals surface area contributed by atoms with Crippen LogP contribution < -0.4 is 5.32 Å². The van der Waals surface area contributed by atoms with E-state index < -0.39 is 0 Å². The first kappa shape index (κ1) is 16.6. The Morgan fingerprint density at radius 3 is 2.30 bits per heavy atom. The highest BCUT2D eigenvalue weighted by Gasteiger charge is 2.18. The first-order chi connectivity index (χ1) is 11.3. The molecular formula is C20H26N2S. The second kappa shape index (κ2) is 8.53. The number of thioether (sulfide) groups is 1. The fourth-order valence-corrected chi connectivity index (χ4v) is 3.55. The monoisotopic (exact) mass is 326 g/mol. The van der Waals surface area contributed by atoms with Gasteiger partial charge in [0.15, 0.2) is 0 Å². The molecule has 2 aromatic rings. The Balaban J connectivity index is 1.40. The highest BCUT2D eigenvalue weighted by atomic mass is 32.2. The number of nitrogens with one attached hydrogen (secondary N) is 1. The number of rotatable bonds is 6. The maximum atomic E-state index is 3.73. The van der Waals surface area contributed by atoms with Crippen molar-refractivity contribution in [2.75, 3.05) is 19.3 Å². The van der Waals surface area contributed by atoms with Crippen molar-refractivity contribution < 1.29 is 0 Å². The Hall–Kier alpha value is -1.29. The molecule has 1 fully saturated rings. The van der Waals surface area contributed by atoms with Crippen molar-refractivity contribution in [3.05, 3.63) is 65.7 Å². The Bertz CT molecular complexity index is 574. The van der Waals surface area contributed by atoms with Gasteiger partial charge in [0.2, 0.25) is 0 Å². The molecule has 0 amide bonds. The SMILES string of the molecule is CSc1ccc(CNC2CCN(Cc3ccccc3)CC2)cc1. The van der Waals surface area contributed by atoms with Crippen molar-refractivity contribution in [2.45, 2.75) is 36.9 Å². The van der Waals surface area contributed by atoms with E-state index in [1.54, 1.807) is 11.8 Å². The molecule has 2 aromatic carbocycles. The fourth-order valence-electron chi connectivity index (χ4n) is 3.14. The molecule has 2 nitrogen and oxygen atoms in total. The third-order valence-electron chi connectivity index (χ3n) is 4.59. The number of benzene rings is 2. The minimum Gasteiger partial charge on any atom is -0.310 e. The van der Waals surface area contributed by atoms with E-state index in [-0.39, 0.29) is 0 Å². The molecule has 1 N–H and O–H groups in total. The number of hydrogen-bond donors (Lipinski definition) is 1. The highest BCUT2D eigenvalue weighted by molar-refractivity contribution is 7.98. The van der Waals surface area contributed by atoms with Gasteiger partial charge in [-0.05, 0) is 55.4 Å². The fraction of sp³-hybridized carbons (Fsp3) is 0.400. The first-order valence-corrected chi connectivity index (χ1v) is 9.68. The number of piperidine rings is 1. The topological polar surface area (TPSA) is 15.3 Å². The van der Waals surface area contributed by atoms with Gasteiger partial charge in [-0.3, -0.25) is 4.90 Å². The maximum absolute atomic E-state index is 3.73.